The summed E-state index contributed by atoms with van der Waals surface area (Å²) in [5.41, 5.74) is 0. The van der Waals surface area contributed by atoms with Crippen molar-refractivity contribution in [2.24, 2.45) is 16.8 Å². The highest BCUT2D eigenvalue weighted by Crippen LogP contribution is 2.17. The van der Waals surface area contributed by atoms with Crippen molar-refractivity contribution in [1.82, 2.24) is 24.7 Å². The van der Waals surface area contributed by atoms with E-state index in [2.05, 4.69) is 63.6 Å². The van der Waals surface area contributed by atoms with E-state index >= 15 is 0 Å². The van der Waals surface area contributed by atoms with Crippen molar-refractivity contribution < 1.29 is 0 Å². The van der Waals surface area contributed by atoms with Crippen LogP contribution in [0, 0.1) is 11.8 Å². The molecular formula is C19H37IN6. The van der Waals surface area contributed by atoms with Gasteiger partial charge in [0.2, 0.25) is 0 Å². The molecular weight excluding hydrogens is 439 g/mol. The number of rotatable bonds is 8. The Hall–Kier alpha value is -0.830. The number of imidazole rings is 1. The molecule has 0 radical (unpaired) electrons. The average molecular weight is 476 g/mol. The highest BCUT2D eigenvalue weighted by Gasteiger charge is 2.26. The lowest BCUT2D eigenvalue weighted by Gasteiger charge is -2.24. The number of hydrogen-bond acceptors (Lipinski definition) is 3. The summed E-state index contributed by atoms with van der Waals surface area (Å²) in [7, 11) is 1.88. The van der Waals surface area contributed by atoms with Crippen molar-refractivity contribution in [2.75, 3.05) is 39.8 Å². The number of nitrogens with zero attached hydrogens (tertiary/aromatic N) is 5. The van der Waals surface area contributed by atoms with E-state index in [4.69, 9.17) is 0 Å². The normalized spacial score (nSPS) is 17.9. The van der Waals surface area contributed by atoms with Crippen LogP contribution in [0.5, 0.6) is 0 Å². The van der Waals surface area contributed by atoms with E-state index < -0.39 is 0 Å². The van der Waals surface area contributed by atoms with Crippen LogP contribution in [0.1, 0.15) is 39.9 Å². The Morgan fingerprint density at radius 3 is 2.73 bits per heavy atom. The van der Waals surface area contributed by atoms with Crippen LogP contribution < -0.4 is 5.32 Å². The number of likely N-dealkylation sites (tertiary alicyclic amines) is 1. The first-order chi connectivity index (χ1) is 12.1. The van der Waals surface area contributed by atoms with E-state index in [-0.39, 0.29) is 24.0 Å². The minimum Gasteiger partial charge on any atom is -0.349 e. The third-order valence-electron chi connectivity index (χ3n) is 4.98. The summed E-state index contributed by atoms with van der Waals surface area (Å²) < 4.78 is 2.23. The first-order valence-corrected chi connectivity index (χ1v) is 9.75. The van der Waals surface area contributed by atoms with Gasteiger partial charge in [0.15, 0.2) is 5.96 Å². The van der Waals surface area contributed by atoms with Crippen LogP contribution >= 0.6 is 24.0 Å². The van der Waals surface area contributed by atoms with Gasteiger partial charge < -0.3 is 19.7 Å². The molecule has 7 heteroatoms. The number of aromatic nitrogens is 2. The molecule has 0 saturated carbocycles. The molecule has 1 unspecified atom stereocenters. The zero-order valence-corrected chi connectivity index (χ0v) is 19.4. The number of halogens is 1. The van der Waals surface area contributed by atoms with Crippen LogP contribution in [0.2, 0.25) is 0 Å². The molecule has 1 saturated heterocycles. The minimum atomic E-state index is 0. The fourth-order valence-electron chi connectivity index (χ4n) is 3.58. The molecule has 150 valence electrons. The lowest BCUT2D eigenvalue weighted by Crippen LogP contribution is -2.41. The van der Waals surface area contributed by atoms with Gasteiger partial charge in [0, 0.05) is 45.6 Å². The number of nitrogens with one attached hydrogen (secondary N) is 1. The first-order valence-electron chi connectivity index (χ1n) is 9.75. The van der Waals surface area contributed by atoms with Crippen LogP contribution in [0.3, 0.4) is 0 Å². The van der Waals surface area contributed by atoms with Gasteiger partial charge in [-0.2, -0.15) is 0 Å². The third kappa shape index (κ3) is 6.72. The molecule has 2 rings (SSSR count). The van der Waals surface area contributed by atoms with Crippen molar-refractivity contribution >= 4 is 29.9 Å². The summed E-state index contributed by atoms with van der Waals surface area (Å²) in [6.45, 7) is 16.3. The van der Waals surface area contributed by atoms with E-state index in [9.17, 15) is 0 Å². The second kappa shape index (κ2) is 11.8. The second-order valence-electron chi connectivity index (χ2n) is 7.38. The predicted octanol–water partition coefficient (Wildman–Crippen LogP) is 2.90. The molecule has 2 heterocycles. The fraction of sp³-hybridized carbons (Fsp3) is 0.789. The standard InChI is InChI=1S/C19H36N6.HI/c1-6-23(7-2)14-17-8-10-25(15-17)19(20-5)22-12-18-21-9-11-24(18)13-16(3)4;/h9,11,16-17H,6-8,10,12-15H2,1-5H3,(H,20,22);1H. The van der Waals surface area contributed by atoms with Crippen LogP contribution in [-0.4, -0.2) is 65.1 Å². The molecule has 1 N–H and O–H groups in total. The minimum absolute atomic E-state index is 0. The number of guanidine groups is 1. The average Bonchev–Trinajstić information content (AvgIpc) is 3.22. The molecule has 0 spiro atoms. The van der Waals surface area contributed by atoms with Crippen LogP contribution in [0.25, 0.3) is 0 Å². The molecule has 1 aliphatic heterocycles. The van der Waals surface area contributed by atoms with Crippen molar-refractivity contribution in [2.45, 2.75) is 47.2 Å². The maximum Gasteiger partial charge on any atom is 0.194 e. The summed E-state index contributed by atoms with van der Waals surface area (Å²) in [5, 5.41) is 3.51. The summed E-state index contributed by atoms with van der Waals surface area (Å²) in [6, 6.07) is 0. The molecule has 26 heavy (non-hydrogen) atoms. The third-order valence-corrected chi connectivity index (χ3v) is 4.98. The van der Waals surface area contributed by atoms with E-state index in [1.807, 2.05) is 13.2 Å². The molecule has 6 nitrogen and oxygen atoms in total. The van der Waals surface area contributed by atoms with Gasteiger partial charge in [0.25, 0.3) is 0 Å². The molecule has 0 bridgehead atoms. The first kappa shape index (κ1) is 23.2. The largest absolute Gasteiger partial charge is 0.349 e. The van der Waals surface area contributed by atoms with Gasteiger partial charge in [-0.05, 0) is 31.3 Å². The molecule has 1 aromatic rings. The van der Waals surface area contributed by atoms with Gasteiger partial charge in [0.1, 0.15) is 5.82 Å². The van der Waals surface area contributed by atoms with Gasteiger partial charge in [-0.3, -0.25) is 4.99 Å². The summed E-state index contributed by atoms with van der Waals surface area (Å²) in [4.78, 5) is 13.9. The molecule has 0 amide bonds. The van der Waals surface area contributed by atoms with Gasteiger partial charge in [-0.25, -0.2) is 4.98 Å². The molecule has 0 aromatic carbocycles. The summed E-state index contributed by atoms with van der Waals surface area (Å²) in [5.74, 6) is 3.43. The van der Waals surface area contributed by atoms with Crippen LogP contribution in [-0.2, 0) is 13.1 Å². The van der Waals surface area contributed by atoms with Crippen molar-refractivity contribution in [1.29, 1.82) is 0 Å². The Morgan fingerprint density at radius 1 is 1.38 bits per heavy atom. The Bertz CT molecular complexity index is 538. The maximum absolute atomic E-state index is 4.50. The summed E-state index contributed by atoms with van der Waals surface area (Å²) >= 11 is 0. The predicted molar refractivity (Wildman–Crippen MR) is 120 cm³/mol. The fourth-order valence-corrected chi connectivity index (χ4v) is 3.58. The lowest BCUT2D eigenvalue weighted by atomic mass is 10.1. The molecule has 0 aliphatic carbocycles. The van der Waals surface area contributed by atoms with Crippen molar-refractivity contribution in [3.63, 3.8) is 0 Å². The lowest BCUT2D eigenvalue weighted by molar-refractivity contribution is 0.255. The quantitative estimate of drug-likeness (QED) is 0.356. The van der Waals surface area contributed by atoms with E-state index in [0.717, 1.165) is 57.0 Å². The highest BCUT2D eigenvalue weighted by atomic mass is 127. The van der Waals surface area contributed by atoms with Crippen LogP contribution in [0.15, 0.2) is 17.4 Å². The van der Waals surface area contributed by atoms with Crippen molar-refractivity contribution in [3.8, 4) is 0 Å². The van der Waals surface area contributed by atoms with E-state index in [1.54, 1.807) is 0 Å². The number of aliphatic imine (C=N–C) groups is 1. The van der Waals surface area contributed by atoms with Gasteiger partial charge in [-0.15, -0.1) is 24.0 Å². The topological polar surface area (TPSA) is 48.7 Å². The van der Waals surface area contributed by atoms with E-state index in [0.29, 0.717) is 5.92 Å². The molecule has 1 atom stereocenters. The zero-order chi connectivity index (χ0) is 18.2. The SMILES string of the molecule is CCN(CC)CC1CCN(C(=NC)NCc2nccn2CC(C)C)C1.I. The van der Waals surface area contributed by atoms with Crippen LogP contribution in [0.4, 0.5) is 0 Å². The summed E-state index contributed by atoms with van der Waals surface area (Å²) in [6.07, 6.45) is 5.20. The van der Waals surface area contributed by atoms with E-state index in [1.165, 1.54) is 13.0 Å². The Morgan fingerprint density at radius 2 is 2.12 bits per heavy atom. The van der Waals surface area contributed by atoms with Gasteiger partial charge in [-0.1, -0.05) is 27.7 Å². The van der Waals surface area contributed by atoms with Gasteiger partial charge >= 0.3 is 0 Å². The van der Waals surface area contributed by atoms with Crippen molar-refractivity contribution in [3.05, 3.63) is 18.2 Å². The maximum atomic E-state index is 4.50. The Balaban J connectivity index is 0.00000338. The zero-order valence-electron chi connectivity index (χ0n) is 17.1. The number of hydrogen-bond donors (Lipinski definition) is 1. The molecule has 1 fully saturated rings. The highest BCUT2D eigenvalue weighted by molar-refractivity contribution is 14.0. The smallest absolute Gasteiger partial charge is 0.194 e. The molecule has 1 aliphatic rings. The Kier molecular flexibility index (Phi) is 10.5. The Labute approximate surface area is 176 Å². The second-order valence-corrected chi connectivity index (χ2v) is 7.38. The van der Waals surface area contributed by atoms with Gasteiger partial charge in [0.05, 0.1) is 6.54 Å². The monoisotopic (exact) mass is 476 g/mol. The molecule has 1 aromatic heterocycles.